The van der Waals surface area contributed by atoms with Gasteiger partial charge in [0.05, 0.1) is 12.2 Å². The van der Waals surface area contributed by atoms with Crippen LogP contribution < -0.4 is 16.0 Å². The highest BCUT2D eigenvalue weighted by Crippen LogP contribution is 2.19. The Morgan fingerprint density at radius 1 is 1.32 bits per heavy atom. The van der Waals surface area contributed by atoms with Crippen molar-refractivity contribution in [3.05, 3.63) is 29.0 Å². The summed E-state index contributed by atoms with van der Waals surface area (Å²) < 4.78 is 13.7. The monoisotopic (exact) mass is 370 g/mol. The second-order valence-electron chi connectivity index (χ2n) is 6.12. The van der Waals surface area contributed by atoms with E-state index in [4.69, 9.17) is 11.6 Å². The first kappa shape index (κ1) is 19.5. The standard InChI is InChI=1S/C17H24ClFN4O2/c1-2-7-20-16(24)11-23-8-5-13(6-9-23)21-17(25)22-15-4-3-12(18)10-14(15)19/h3-4,10,13H,2,5-9,11H2,1H3,(H,20,24)(H2,21,22,25). The van der Waals surface area contributed by atoms with Gasteiger partial charge in [0.15, 0.2) is 0 Å². The predicted molar refractivity (Wildman–Crippen MR) is 96.3 cm³/mol. The molecule has 1 fully saturated rings. The van der Waals surface area contributed by atoms with Gasteiger partial charge in [0, 0.05) is 30.7 Å². The molecule has 1 saturated heterocycles. The molecule has 0 atom stereocenters. The molecule has 1 aromatic rings. The molecule has 6 nitrogen and oxygen atoms in total. The van der Waals surface area contributed by atoms with Crippen molar-refractivity contribution < 1.29 is 14.0 Å². The summed E-state index contributed by atoms with van der Waals surface area (Å²) in [5.74, 6) is -0.542. The lowest BCUT2D eigenvalue weighted by molar-refractivity contribution is -0.122. The summed E-state index contributed by atoms with van der Waals surface area (Å²) in [5, 5.41) is 8.46. The Morgan fingerprint density at radius 2 is 2.04 bits per heavy atom. The van der Waals surface area contributed by atoms with Gasteiger partial charge in [0.25, 0.3) is 0 Å². The van der Waals surface area contributed by atoms with Crippen molar-refractivity contribution in [2.45, 2.75) is 32.2 Å². The summed E-state index contributed by atoms with van der Waals surface area (Å²) in [6, 6.07) is 3.65. The number of benzene rings is 1. The van der Waals surface area contributed by atoms with Gasteiger partial charge in [-0.1, -0.05) is 18.5 Å². The third-order valence-corrected chi connectivity index (χ3v) is 4.28. The van der Waals surface area contributed by atoms with Crippen molar-refractivity contribution in [3.63, 3.8) is 0 Å². The van der Waals surface area contributed by atoms with Crippen LogP contribution in [0.3, 0.4) is 0 Å². The van der Waals surface area contributed by atoms with E-state index in [0.29, 0.717) is 13.1 Å². The number of rotatable bonds is 6. The average Bonchev–Trinajstić information content (AvgIpc) is 2.57. The zero-order chi connectivity index (χ0) is 18.2. The molecule has 2 rings (SSSR count). The Morgan fingerprint density at radius 3 is 2.68 bits per heavy atom. The van der Waals surface area contributed by atoms with Gasteiger partial charge >= 0.3 is 6.03 Å². The summed E-state index contributed by atoms with van der Waals surface area (Å²) in [7, 11) is 0. The summed E-state index contributed by atoms with van der Waals surface area (Å²) in [6.45, 7) is 4.56. The van der Waals surface area contributed by atoms with Gasteiger partial charge < -0.3 is 16.0 Å². The van der Waals surface area contributed by atoms with Gasteiger partial charge in [-0.3, -0.25) is 9.69 Å². The third kappa shape index (κ3) is 6.51. The molecule has 0 aliphatic carbocycles. The fourth-order valence-electron chi connectivity index (χ4n) is 2.69. The van der Waals surface area contributed by atoms with Crippen LogP contribution in [0, 0.1) is 5.82 Å². The highest BCUT2D eigenvalue weighted by Gasteiger charge is 2.22. The Balaban J connectivity index is 1.72. The minimum atomic E-state index is -0.574. The molecule has 0 saturated carbocycles. The minimum Gasteiger partial charge on any atom is -0.355 e. The van der Waals surface area contributed by atoms with Crippen molar-refractivity contribution in [2.24, 2.45) is 0 Å². The van der Waals surface area contributed by atoms with Crippen LogP contribution in [0.4, 0.5) is 14.9 Å². The van der Waals surface area contributed by atoms with Crippen LogP contribution in [0.1, 0.15) is 26.2 Å². The van der Waals surface area contributed by atoms with Crippen molar-refractivity contribution in [1.29, 1.82) is 0 Å². The molecule has 0 bridgehead atoms. The van der Waals surface area contributed by atoms with Gasteiger partial charge in [-0.15, -0.1) is 0 Å². The van der Waals surface area contributed by atoms with E-state index in [1.807, 2.05) is 6.92 Å². The topological polar surface area (TPSA) is 73.5 Å². The van der Waals surface area contributed by atoms with E-state index in [1.54, 1.807) is 0 Å². The fourth-order valence-corrected chi connectivity index (χ4v) is 2.85. The van der Waals surface area contributed by atoms with Crippen molar-refractivity contribution >= 4 is 29.2 Å². The lowest BCUT2D eigenvalue weighted by Gasteiger charge is -2.31. The van der Waals surface area contributed by atoms with E-state index in [9.17, 15) is 14.0 Å². The molecule has 0 unspecified atom stereocenters. The summed E-state index contributed by atoms with van der Waals surface area (Å²) >= 11 is 5.69. The molecular weight excluding hydrogens is 347 g/mol. The SMILES string of the molecule is CCCNC(=O)CN1CCC(NC(=O)Nc2ccc(Cl)cc2F)CC1. The van der Waals surface area contributed by atoms with Gasteiger partial charge in [0.1, 0.15) is 5.82 Å². The van der Waals surface area contributed by atoms with Gasteiger partial charge in [-0.25, -0.2) is 9.18 Å². The van der Waals surface area contributed by atoms with Crippen molar-refractivity contribution in [2.75, 3.05) is 31.5 Å². The van der Waals surface area contributed by atoms with Gasteiger partial charge in [0.2, 0.25) is 5.91 Å². The number of nitrogens with zero attached hydrogens (tertiary/aromatic N) is 1. The Labute approximate surface area is 152 Å². The molecule has 1 aliphatic rings. The maximum atomic E-state index is 13.7. The first-order valence-corrected chi connectivity index (χ1v) is 8.87. The smallest absolute Gasteiger partial charge is 0.319 e. The van der Waals surface area contributed by atoms with E-state index >= 15 is 0 Å². The van der Waals surface area contributed by atoms with Crippen molar-refractivity contribution in [1.82, 2.24) is 15.5 Å². The second kappa shape index (κ2) is 9.58. The van der Waals surface area contributed by atoms with Crippen LogP contribution >= 0.6 is 11.6 Å². The highest BCUT2D eigenvalue weighted by molar-refractivity contribution is 6.30. The number of amides is 3. The lowest BCUT2D eigenvalue weighted by Crippen LogP contribution is -2.48. The molecule has 138 valence electrons. The first-order valence-electron chi connectivity index (χ1n) is 8.49. The molecule has 3 N–H and O–H groups in total. The third-order valence-electron chi connectivity index (χ3n) is 4.04. The number of hydrogen-bond donors (Lipinski definition) is 3. The van der Waals surface area contributed by atoms with E-state index in [0.717, 1.165) is 38.4 Å². The second-order valence-corrected chi connectivity index (χ2v) is 6.56. The maximum Gasteiger partial charge on any atom is 0.319 e. The normalized spacial score (nSPS) is 15.6. The van der Waals surface area contributed by atoms with Crippen molar-refractivity contribution in [3.8, 4) is 0 Å². The van der Waals surface area contributed by atoms with E-state index in [-0.39, 0.29) is 22.7 Å². The molecule has 0 aromatic heterocycles. The molecule has 1 aliphatic heterocycles. The average molecular weight is 371 g/mol. The Bertz CT molecular complexity index is 606. The minimum absolute atomic E-state index is 0.00492. The molecule has 8 heteroatoms. The number of piperidine rings is 1. The van der Waals surface area contributed by atoms with Crippen LogP contribution in [0.15, 0.2) is 18.2 Å². The zero-order valence-corrected chi connectivity index (χ0v) is 15.0. The Hall–Kier alpha value is -1.86. The van der Waals surface area contributed by atoms with Crippen LogP contribution in [0.5, 0.6) is 0 Å². The Kier molecular flexibility index (Phi) is 7.46. The van der Waals surface area contributed by atoms with E-state index < -0.39 is 11.8 Å². The summed E-state index contributed by atoms with van der Waals surface area (Å²) in [6.07, 6.45) is 2.41. The summed E-state index contributed by atoms with van der Waals surface area (Å²) in [4.78, 5) is 25.8. The highest BCUT2D eigenvalue weighted by atomic mass is 35.5. The number of anilines is 1. The molecule has 1 heterocycles. The first-order chi connectivity index (χ1) is 12.0. The number of nitrogens with one attached hydrogen (secondary N) is 3. The summed E-state index contributed by atoms with van der Waals surface area (Å²) in [5.41, 5.74) is 0.0898. The molecule has 0 spiro atoms. The molecule has 1 aromatic carbocycles. The number of urea groups is 1. The molecule has 0 radical (unpaired) electrons. The fraction of sp³-hybridized carbons (Fsp3) is 0.529. The predicted octanol–water partition coefficient (Wildman–Crippen LogP) is 2.59. The molecule has 3 amide bonds. The van der Waals surface area contributed by atoms with Crippen LogP contribution in [0.2, 0.25) is 5.02 Å². The molecule has 25 heavy (non-hydrogen) atoms. The van der Waals surface area contributed by atoms with Gasteiger partial charge in [-0.2, -0.15) is 0 Å². The number of hydrogen-bond acceptors (Lipinski definition) is 3. The van der Waals surface area contributed by atoms with Crippen LogP contribution in [-0.2, 0) is 4.79 Å². The maximum absolute atomic E-state index is 13.7. The number of carbonyl (C=O) groups is 2. The van der Waals surface area contributed by atoms with E-state index in [1.165, 1.54) is 12.1 Å². The van der Waals surface area contributed by atoms with Gasteiger partial charge in [-0.05, 0) is 37.5 Å². The van der Waals surface area contributed by atoms with Crippen LogP contribution in [-0.4, -0.2) is 49.1 Å². The zero-order valence-electron chi connectivity index (χ0n) is 14.3. The van der Waals surface area contributed by atoms with Crippen LogP contribution in [0.25, 0.3) is 0 Å². The number of likely N-dealkylation sites (tertiary alicyclic amines) is 1. The number of halogens is 2. The van der Waals surface area contributed by atoms with E-state index in [2.05, 4.69) is 20.9 Å². The number of carbonyl (C=O) groups excluding carboxylic acids is 2. The molecular formula is C17H24ClFN4O2. The largest absolute Gasteiger partial charge is 0.355 e. The lowest BCUT2D eigenvalue weighted by atomic mass is 10.1. The quantitative estimate of drug-likeness (QED) is 0.720.